The van der Waals surface area contributed by atoms with Crippen LogP contribution in [0.15, 0.2) is 11.6 Å². The van der Waals surface area contributed by atoms with Crippen LogP contribution in [-0.2, 0) is 9.53 Å². The van der Waals surface area contributed by atoms with Gasteiger partial charge in [-0.25, -0.2) is 0 Å². The summed E-state index contributed by atoms with van der Waals surface area (Å²) >= 11 is 0. The molecule has 0 heterocycles. The van der Waals surface area contributed by atoms with Gasteiger partial charge in [-0.3, -0.25) is 4.79 Å². The molecule has 0 amide bonds. The third kappa shape index (κ3) is 7.40. The summed E-state index contributed by atoms with van der Waals surface area (Å²) in [5.41, 5.74) is 2.54. The summed E-state index contributed by atoms with van der Waals surface area (Å²) < 4.78 is 6.07. The molecule has 3 fully saturated rings. The Balaban J connectivity index is 1.26. The maximum Gasteiger partial charge on any atom is 0.306 e. The number of hydrogen-bond acceptors (Lipinski definition) is 2. The molecule has 0 saturated heterocycles. The Kier molecular flexibility index (Phi) is 11.7. The molecular formula is C38H66O2. The molecule has 4 aliphatic rings. The van der Waals surface area contributed by atoms with E-state index in [1.54, 1.807) is 5.57 Å². The van der Waals surface area contributed by atoms with Crippen molar-refractivity contribution in [3.05, 3.63) is 11.6 Å². The lowest BCUT2D eigenvalue weighted by Crippen LogP contribution is -2.51. The monoisotopic (exact) mass is 555 g/mol. The first kappa shape index (κ1) is 32.1. The summed E-state index contributed by atoms with van der Waals surface area (Å²) in [6.45, 7) is 14.9. The van der Waals surface area contributed by atoms with Crippen LogP contribution in [0.5, 0.6) is 0 Å². The normalized spacial score (nSPS) is 36.0. The van der Waals surface area contributed by atoms with E-state index in [0.29, 0.717) is 17.3 Å². The van der Waals surface area contributed by atoms with Crippen molar-refractivity contribution < 1.29 is 9.53 Å². The van der Waals surface area contributed by atoms with E-state index in [1.807, 2.05) is 0 Å². The third-order valence-electron chi connectivity index (χ3n) is 12.8. The lowest BCUT2D eigenvalue weighted by molar-refractivity contribution is -0.151. The van der Waals surface area contributed by atoms with E-state index in [4.69, 9.17) is 4.74 Å². The summed E-state index contributed by atoms with van der Waals surface area (Å²) in [5, 5.41) is 0. The van der Waals surface area contributed by atoms with Gasteiger partial charge in [0.05, 0.1) is 0 Å². The number of fused-ring (bicyclic) bond motifs is 5. The number of carbonyl (C=O) groups excluding carboxylic acids is 1. The number of rotatable bonds is 15. The van der Waals surface area contributed by atoms with Crippen LogP contribution in [0, 0.1) is 46.3 Å². The highest BCUT2D eigenvalue weighted by Crippen LogP contribution is 2.67. The van der Waals surface area contributed by atoms with Gasteiger partial charge in [0.15, 0.2) is 0 Å². The van der Waals surface area contributed by atoms with Gasteiger partial charge in [0, 0.05) is 12.8 Å². The Morgan fingerprint density at radius 3 is 2.33 bits per heavy atom. The van der Waals surface area contributed by atoms with Crippen molar-refractivity contribution in [2.24, 2.45) is 46.3 Å². The zero-order valence-electron chi connectivity index (χ0n) is 27.6. The van der Waals surface area contributed by atoms with E-state index in [-0.39, 0.29) is 12.1 Å². The van der Waals surface area contributed by atoms with Crippen molar-refractivity contribution in [3.63, 3.8) is 0 Å². The van der Waals surface area contributed by atoms with E-state index in [2.05, 4.69) is 47.6 Å². The summed E-state index contributed by atoms with van der Waals surface area (Å²) in [6, 6.07) is 0. The molecule has 2 nitrogen and oxygen atoms in total. The second-order valence-corrected chi connectivity index (χ2v) is 15.9. The maximum atomic E-state index is 12.7. The predicted molar refractivity (Wildman–Crippen MR) is 170 cm³/mol. The van der Waals surface area contributed by atoms with Gasteiger partial charge in [-0.05, 0) is 97.7 Å². The highest BCUT2D eigenvalue weighted by molar-refractivity contribution is 5.69. The molecule has 4 aliphatic carbocycles. The minimum Gasteiger partial charge on any atom is -0.462 e. The van der Waals surface area contributed by atoms with Gasteiger partial charge >= 0.3 is 5.97 Å². The van der Waals surface area contributed by atoms with Crippen molar-refractivity contribution in [2.75, 3.05) is 0 Å². The molecule has 0 aliphatic heterocycles. The molecular weight excluding hydrogens is 488 g/mol. The van der Waals surface area contributed by atoms with Crippen molar-refractivity contribution in [3.8, 4) is 0 Å². The standard InChI is InChI=1S/C38H66O2/c1-7-8-9-10-11-12-13-14-18-36(39)40-31-23-25-37(5)30(27-31)19-20-32-34-22-21-33(29(4)17-15-16-28(2)3)38(34,6)26-24-35(32)37/h19,28-29,31-35H,7-18,20-27H2,1-6H3/t29-,31?,32?,33-,34?,35?,37+,38-/m1/s1. The lowest BCUT2D eigenvalue weighted by atomic mass is 9.47. The Hall–Kier alpha value is -0.790. The topological polar surface area (TPSA) is 26.3 Å². The van der Waals surface area contributed by atoms with Crippen LogP contribution in [0.25, 0.3) is 0 Å². The van der Waals surface area contributed by atoms with Crippen LogP contribution in [0.4, 0.5) is 0 Å². The fourth-order valence-electron chi connectivity index (χ4n) is 10.4. The maximum absolute atomic E-state index is 12.7. The summed E-state index contributed by atoms with van der Waals surface area (Å²) in [6.07, 6.45) is 28.1. The van der Waals surface area contributed by atoms with Crippen LogP contribution in [0.3, 0.4) is 0 Å². The van der Waals surface area contributed by atoms with Gasteiger partial charge < -0.3 is 4.74 Å². The number of carbonyl (C=O) groups is 1. The molecule has 0 spiro atoms. The average molecular weight is 555 g/mol. The second-order valence-electron chi connectivity index (χ2n) is 15.9. The molecule has 0 bridgehead atoms. The van der Waals surface area contributed by atoms with Crippen molar-refractivity contribution in [1.29, 1.82) is 0 Å². The van der Waals surface area contributed by atoms with Crippen molar-refractivity contribution in [2.45, 2.75) is 176 Å². The van der Waals surface area contributed by atoms with Gasteiger partial charge in [0.25, 0.3) is 0 Å². The summed E-state index contributed by atoms with van der Waals surface area (Å²) in [7, 11) is 0. The second kappa shape index (κ2) is 14.6. The molecule has 0 N–H and O–H groups in total. The van der Waals surface area contributed by atoms with Gasteiger partial charge in [-0.1, -0.05) is 117 Å². The molecule has 0 aromatic carbocycles. The Morgan fingerprint density at radius 2 is 1.60 bits per heavy atom. The molecule has 230 valence electrons. The number of unbranched alkanes of at least 4 members (excludes halogenated alkanes) is 7. The minimum atomic E-state index is 0.0572. The number of esters is 1. The largest absolute Gasteiger partial charge is 0.462 e. The van der Waals surface area contributed by atoms with Gasteiger partial charge in [0.1, 0.15) is 6.10 Å². The molecule has 0 aromatic rings. The van der Waals surface area contributed by atoms with Crippen LogP contribution in [0.1, 0.15) is 170 Å². The Labute approximate surface area is 249 Å². The first-order valence-electron chi connectivity index (χ1n) is 18.1. The first-order chi connectivity index (χ1) is 19.2. The van der Waals surface area contributed by atoms with Crippen molar-refractivity contribution in [1.82, 2.24) is 0 Å². The molecule has 2 heteroatoms. The van der Waals surface area contributed by atoms with Crippen LogP contribution in [-0.4, -0.2) is 12.1 Å². The first-order valence-corrected chi connectivity index (χ1v) is 18.1. The average Bonchev–Trinajstić information content (AvgIpc) is 3.27. The third-order valence-corrected chi connectivity index (χ3v) is 12.8. The van der Waals surface area contributed by atoms with E-state index < -0.39 is 0 Å². The van der Waals surface area contributed by atoms with E-state index in [9.17, 15) is 4.79 Å². The van der Waals surface area contributed by atoms with Crippen LogP contribution >= 0.6 is 0 Å². The number of ether oxygens (including phenoxy) is 1. The summed E-state index contributed by atoms with van der Waals surface area (Å²) in [4.78, 5) is 12.7. The molecule has 4 unspecified atom stereocenters. The summed E-state index contributed by atoms with van der Waals surface area (Å²) in [5.74, 6) is 5.34. The highest BCUT2D eigenvalue weighted by atomic mass is 16.5. The van der Waals surface area contributed by atoms with E-state index >= 15 is 0 Å². The van der Waals surface area contributed by atoms with Crippen molar-refractivity contribution >= 4 is 5.97 Å². The molecule has 40 heavy (non-hydrogen) atoms. The molecule has 0 aromatic heterocycles. The fraction of sp³-hybridized carbons (Fsp3) is 0.921. The van der Waals surface area contributed by atoms with Crippen LogP contribution in [0.2, 0.25) is 0 Å². The smallest absolute Gasteiger partial charge is 0.306 e. The fourth-order valence-corrected chi connectivity index (χ4v) is 10.4. The van der Waals surface area contributed by atoms with Gasteiger partial charge in [-0.15, -0.1) is 0 Å². The lowest BCUT2D eigenvalue weighted by Gasteiger charge is -2.58. The minimum absolute atomic E-state index is 0.0572. The molecule has 0 radical (unpaired) electrons. The number of allylic oxidation sites excluding steroid dienone is 1. The SMILES string of the molecule is CCCCCCCCCCC(=O)OC1CC[C@@]2(C)C(=CCC3C2CC[C@@]2(C)C3CC[C@@H]2[C@H](C)CCCC(C)C)C1. The molecule has 8 atom stereocenters. The molecule has 3 saturated carbocycles. The highest BCUT2D eigenvalue weighted by Gasteiger charge is 2.59. The van der Waals surface area contributed by atoms with E-state index in [0.717, 1.165) is 54.8 Å². The van der Waals surface area contributed by atoms with Crippen LogP contribution < -0.4 is 0 Å². The number of hydrogen-bond donors (Lipinski definition) is 0. The Morgan fingerprint density at radius 1 is 0.875 bits per heavy atom. The zero-order chi connectivity index (χ0) is 28.8. The Bertz CT molecular complexity index is 827. The predicted octanol–water partition coefficient (Wildman–Crippen LogP) is 11.5. The van der Waals surface area contributed by atoms with Gasteiger partial charge in [-0.2, -0.15) is 0 Å². The molecule has 4 rings (SSSR count). The van der Waals surface area contributed by atoms with Gasteiger partial charge in [0.2, 0.25) is 0 Å². The van der Waals surface area contributed by atoms with E-state index in [1.165, 1.54) is 103 Å². The zero-order valence-corrected chi connectivity index (χ0v) is 27.6. The quantitative estimate of drug-likeness (QED) is 0.114.